The summed E-state index contributed by atoms with van der Waals surface area (Å²) in [6.07, 6.45) is 3.43. The van der Waals surface area contributed by atoms with Crippen LogP contribution in [-0.4, -0.2) is 42.8 Å². The summed E-state index contributed by atoms with van der Waals surface area (Å²) >= 11 is 0. The van der Waals surface area contributed by atoms with E-state index in [1.165, 1.54) is 0 Å². The van der Waals surface area contributed by atoms with Crippen LogP contribution in [0.2, 0.25) is 0 Å². The monoisotopic (exact) mass is 314 g/mol. The number of fused-ring (bicyclic) bond motifs is 1. The zero-order valence-corrected chi connectivity index (χ0v) is 12.9. The summed E-state index contributed by atoms with van der Waals surface area (Å²) in [5.74, 6) is 1.20. The second-order valence-electron chi connectivity index (χ2n) is 5.14. The van der Waals surface area contributed by atoms with E-state index in [1.54, 1.807) is 42.6 Å². The quantitative estimate of drug-likeness (QED) is 0.817. The minimum atomic E-state index is -0.0721. The molecule has 0 bridgehead atoms. The zero-order chi connectivity index (χ0) is 16.1. The van der Waals surface area contributed by atoms with E-state index in [0.717, 1.165) is 5.56 Å². The van der Waals surface area contributed by atoms with Gasteiger partial charge in [0.05, 0.1) is 6.61 Å². The van der Waals surface area contributed by atoms with Crippen LogP contribution in [0.25, 0.3) is 0 Å². The van der Waals surface area contributed by atoms with Gasteiger partial charge in [0.2, 0.25) is 6.79 Å². The number of amides is 1. The Morgan fingerprint density at radius 2 is 2.00 bits per heavy atom. The number of hydrogen-bond acceptors (Lipinski definition) is 5. The highest BCUT2D eigenvalue weighted by Crippen LogP contribution is 2.32. The number of ether oxygens (including phenoxy) is 3. The Morgan fingerprint density at radius 1 is 1.22 bits per heavy atom. The summed E-state index contributed by atoms with van der Waals surface area (Å²) in [6.45, 7) is 1.67. The molecule has 2 heterocycles. The first-order valence-corrected chi connectivity index (χ1v) is 7.34. The molecule has 2 aromatic rings. The molecule has 6 heteroatoms. The second-order valence-corrected chi connectivity index (χ2v) is 5.14. The number of benzene rings is 1. The lowest BCUT2D eigenvalue weighted by molar-refractivity contribution is 0.0680. The van der Waals surface area contributed by atoms with Crippen LogP contribution in [0.15, 0.2) is 42.7 Å². The van der Waals surface area contributed by atoms with Gasteiger partial charge in [-0.15, -0.1) is 0 Å². The van der Waals surface area contributed by atoms with Gasteiger partial charge in [-0.2, -0.15) is 0 Å². The van der Waals surface area contributed by atoms with Gasteiger partial charge in [0.15, 0.2) is 11.5 Å². The van der Waals surface area contributed by atoms with Crippen LogP contribution in [0.3, 0.4) is 0 Å². The molecule has 0 saturated heterocycles. The van der Waals surface area contributed by atoms with Crippen molar-refractivity contribution in [2.24, 2.45) is 0 Å². The maximum Gasteiger partial charge on any atom is 0.254 e. The minimum Gasteiger partial charge on any atom is -0.454 e. The third-order valence-corrected chi connectivity index (χ3v) is 3.59. The maximum absolute atomic E-state index is 12.8. The SMILES string of the molecule is COCCN(Cc1ccncc1)C(=O)c1ccc2c(c1)OCO2. The van der Waals surface area contributed by atoms with E-state index < -0.39 is 0 Å². The highest BCUT2D eigenvalue weighted by molar-refractivity contribution is 5.95. The molecular weight excluding hydrogens is 296 g/mol. The molecule has 0 radical (unpaired) electrons. The number of pyridine rings is 1. The number of nitrogens with zero attached hydrogens (tertiary/aromatic N) is 2. The van der Waals surface area contributed by atoms with Gasteiger partial charge in [0.25, 0.3) is 5.91 Å². The summed E-state index contributed by atoms with van der Waals surface area (Å²) in [5.41, 5.74) is 1.59. The van der Waals surface area contributed by atoms with E-state index in [4.69, 9.17) is 14.2 Å². The molecule has 1 aromatic carbocycles. The van der Waals surface area contributed by atoms with Crippen LogP contribution >= 0.6 is 0 Å². The van der Waals surface area contributed by atoms with Crippen molar-refractivity contribution in [3.63, 3.8) is 0 Å². The molecule has 0 N–H and O–H groups in total. The van der Waals surface area contributed by atoms with Crippen molar-refractivity contribution in [3.05, 3.63) is 53.9 Å². The van der Waals surface area contributed by atoms with E-state index >= 15 is 0 Å². The van der Waals surface area contributed by atoms with Gasteiger partial charge >= 0.3 is 0 Å². The lowest BCUT2D eigenvalue weighted by Crippen LogP contribution is -2.33. The summed E-state index contributed by atoms with van der Waals surface area (Å²) < 4.78 is 15.7. The third kappa shape index (κ3) is 3.60. The Morgan fingerprint density at radius 3 is 2.78 bits per heavy atom. The van der Waals surface area contributed by atoms with Gasteiger partial charge in [-0.1, -0.05) is 0 Å². The Hall–Kier alpha value is -2.60. The standard InChI is InChI=1S/C17H18N2O4/c1-21-9-8-19(11-13-4-6-18-7-5-13)17(20)14-2-3-15-16(10-14)23-12-22-15/h2-7,10H,8-9,11-12H2,1H3. The Labute approximate surface area is 134 Å². The smallest absolute Gasteiger partial charge is 0.254 e. The van der Waals surface area contributed by atoms with Crippen molar-refractivity contribution in [2.75, 3.05) is 27.1 Å². The molecule has 120 valence electrons. The maximum atomic E-state index is 12.8. The fourth-order valence-electron chi connectivity index (χ4n) is 2.37. The summed E-state index contributed by atoms with van der Waals surface area (Å²) in [4.78, 5) is 18.6. The van der Waals surface area contributed by atoms with Gasteiger partial charge in [-0.05, 0) is 35.9 Å². The van der Waals surface area contributed by atoms with Gasteiger partial charge in [0.1, 0.15) is 0 Å². The first-order chi connectivity index (χ1) is 11.3. The molecule has 0 spiro atoms. The van der Waals surface area contributed by atoms with Crippen LogP contribution in [0.4, 0.5) is 0 Å². The van der Waals surface area contributed by atoms with Crippen molar-refractivity contribution < 1.29 is 19.0 Å². The number of rotatable bonds is 6. The highest BCUT2D eigenvalue weighted by atomic mass is 16.7. The number of aromatic nitrogens is 1. The van der Waals surface area contributed by atoms with E-state index in [2.05, 4.69) is 4.98 Å². The average molecular weight is 314 g/mol. The summed E-state index contributed by atoms with van der Waals surface area (Å²) in [7, 11) is 1.62. The third-order valence-electron chi connectivity index (χ3n) is 3.59. The first kappa shape index (κ1) is 15.3. The normalized spacial score (nSPS) is 12.2. The van der Waals surface area contributed by atoms with Crippen molar-refractivity contribution in [1.82, 2.24) is 9.88 Å². The van der Waals surface area contributed by atoms with Crippen LogP contribution < -0.4 is 9.47 Å². The van der Waals surface area contributed by atoms with Gasteiger partial charge in [0, 0.05) is 38.2 Å². The van der Waals surface area contributed by atoms with Gasteiger partial charge in [-0.25, -0.2) is 0 Å². The number of hydrogen-bond donors (Lipinski definition) is 0. The molecule has 1 aromatic heterocycles. The van der Waals surface area contributed by atoms with Crippen LogP contribution in [-0.2, 0) is 11.3 Å². The fraction of sp³-hybridized carbons (Fsp3) is 0.294. The largest absolute Gasteiger partial charge is 0.454 e. The zero-order valence-electron chi connectivity index (χ0n) is 12.9. The van der Waals surface area contributed by atoms with Crippen molar-refractivity contribution in [1.29, 1.82) is 0 Å². The van der Waals surface area contributed by atoms with Crippen molar-refractivity contribution in [2.45, 2.75) is 6.54 Å². The number of carbonyl (C=O) groups is 1. The number of methoxy groups -OCH3 is 1. The lowest BCUT2D eigenvalue weighted by Gasteiger charge is -2.22. The van der Waals surface area contributed by atoms with E-state index in [9.17, 15) is 4.79 Å². The van der Waals surface area contributed by atoms with Crippen LogP contribution in [0.1, 0.15) is 15.9 Å². The summed E-state index contributed by atoms with van der Waals surface area (Å²) in [6, 6.07) is 9.02. The predicted octanol–water partition coefficient (Wildman–Crippen LogP) is 2.10. The van der Waals surface area contributed by atoms with Crippen molar-refractivity contribution in [3.8, 4) is 11.5 Å². The molecule has 0 aliphatic carbocycles. The molecular formula is C17H18N2O4. The Bertz CT molecular complexity index is 676. The van der Waals surface area contributed by atoms with Crippen molar-refractivity contribution >= 4 is 5.91 Å². The predicted molar refractivity (Wildman–Crippen MR) is 83.4 cm³/mol. The van der Waals surface area contributed by atoms with Crippen LogP contribution in [0.5, 0.6) is 11.5 Å². The average Bonchev–Trinajstić information content (AvgIpc) is 3.06. The molecule has 1 aliphatic heterocycles. The Balaban J connectivity index is 1.79. The first-order valence-electron chi connectivity index (χ1n) is 7.34. The fourth-order valence-corrected chi connectivity index (χ4v) is 2.37. The number of carbonyl (C=O) groups excluding carboxylic acids is 1. The molecule has 0 fully saturated rings. The lowest BCUT2D eigenvalue weighted by atomic mass is 10.1. The summed E-state index contributed by atoms with van der Waals surface area (Å²) in [5, 5.41) is 0. The second kappa shape index (κ2) is 7.11. The molecule has 3 rings (SSSR count). The van der Waals surface area contributed by atoms with E-state index in [0.29, 0.717) is 36.8 Å². The Kier molecular flexibility index (Phi) is 4.73. The van der Waals surface area contributed by atoms with Crippen LogP contribution in [0, 0.1) is 0 Å². The highest BCUT2D eigenvalue weighted by Gasteiger charge is 2.20. The molecule has 6 nitrogen and oxygen atoms in total. The van der Waals surface area contributed by atoms with E-state index in [1.807, 2.05) is 12.1 Å². The topological polar surface area (TPSA) is 60.9 Å². The minimum absolute atomic E-state index is 0.0721. The molecule has 0 saturated carbocycles. The van der Waals surface area contributed by atoms with Gasteiger partial charge < -0.3 is 19.1 Å². The molecule has 1 aliphatic rings. The molecule has 0 atom stereocenters. The molecule has 23 heavy (non-hydrogen) atoms. The molecule has 1 amide bonds. The molecule has 0 unspecified atom stereocenters. The van der Waals surface area contributed by atoms with E-state index in [-0.39, 0.29) is 12.7 Å². The van der Waals surface area contributed by atoms with Gasteiger partial charge in [-0.3, -0.25) is 9.78 Å².